The van der Waals surface area contributed by atoms with Crippen LogP contribution in [0.1, 0.15) is 25.0 Å². The Bertz CT molecular complexity index is 574. The van der Waals surface area contributed by atoms with Crippen molar-refractivity contribution in [3.8, 4) is 17.0 Å². The van der Waals surface area contributed by atoms with Gasteiger partial charge < -0.3 is 14.8 Å². The van der Waals surface area contributed by atoms with Gasteiger partial charge in [0.15, 0.2) is 0 Å². The molecule has 1 aliphatic rings. The Morgan fingerprint density at radius 1 is 1.33 bits per heavy atom. The normalized spacial score (nSPS) is 18.9. The van der Waals surface area contributed by atoms with Gasteiger partial charge in [0.05, 0.1) is 18.4 Å². The molecule has 0 saturated carbocycles. The van der Waals surface area contributed by atoms with E-state index in [1.165, 1.54) is 0 Å². The Morgan fingerprint density at radius 2 is 2.14 bits per heavy atom. The van der Waals surface area contributed by atoms with Crippen molar-refractivity contribution in [3.05, 3.63) is 34.7 Å². The van der Waals surface area contributed by atoms with Crippen molar-refractivity contribution >= 4 is 11.3 Å². The van der Waals surface area contributed by atoms with Crippen LogP contribution in [0.15, 0.2) is 29.6 Å². The number of morpholine rings is 1. The average molecular weight is 304 g/mol. The fourth-order valence-electron chi connectivity index (χ4n) is 2.27. The summed E-state index contributed by atoms with van der Waals surface area (Å²) >= 11 is 1.66. The molecule has 3 rings (SSSR count). The van der Waals surface area contributed by atoms with Gasteiger partial charge in [-0.15, -0.1) is 11.3 Å². The molecule has 0 aliphatic carbocycles. The van der Waals surface area contributed by atoms with E-state index in [0.717, 1.165) is 41.7 Å². The molecule has 0 amide bonds. The maximum Gasteiger partial charge on any atom is 0.124 e. The SMILES string of the molecule is CC(C)Oc1ccc(-c2csc(C3CNCCO3)n2)cc1. The first-order valence-electron chi connectivity index (χ1n) is 7.27. The van der Waals surface area contributed by atoms with E-state index in [9.17, 15) is 0 Å². The Hall–Kier alpha value is -1.43. The molecule has 2 heterocycles. The first kappa shape index (κ1) is 14.5. The number of rotatable bonds is 4. The summed E-state index contributed by atoms with van der Waals surface area (Å²) in [4.78, 5) is 4.71. The molecule has 1 fully saturated rings. The Morgan fingerprint density at radius 3 is 2.81 bits per heavy atom. The van der Waals surface area contributed by atoms with Gasteiger partial charge in [0.2, 0.25) is 0 Å². The van der Waals surface area contributed by atoms with Gasteiger partial charge in [0.1, 0.15) is 16.9 Å². The third kappa shape index (κ3) is 3.61. The van der Waals surface area contributed by atoms with Gasteiger partial charge in [0.25, 0.3) is 0 Å². The molecule has 1 N–H and O–H groups in total. The van der Waals surface area contributed by atoms with E-state index in [2.05, 4.69) is 22.8 Å². The minimum absolute atomic E-state index is 0.0843. The Balaban J connectivity index is 1.73. The van der Waals surface area contributed by atoms with Gasteiger partial charge in [0, 0.05) is 24.0 Å². The van der Waals surface area contributed by atoms with Crippen LogP contribution in [0.4, 0.5) is 0 Å². The topological polar surface area (TPSA) is 43.4 Å². The van der Waals surface area contributed by atoms with Crippen LogP contribution >= 0.6 is 11.3 Å². The van der Waals surface area contributed by atoms with Gasteiger partial charge in [-0.3, -0.25) is 0 Å². The quantitative estimate of drug-likeness (QED) is 0.941. The van der Waals surface area contributed by atoms with Crippen LogP contribution in [0.3, 0.4) is 0 Å². The van der Waals surface area contributed by atoms with Crippen LogP contribution in [-0.2, 0) is 4.74 Å². The molecule has 2 aromatic rings. The first-order valence-corrected chi connectivity index (χ1v) is 8.15. The number of ether oxygens (including phenoxy) is 2. The van der Waals surface area contributed by atoms with Crippen LogP contribution in [-0.4, -0.2) is 30.8 Å². The molecule has 1 aromatic carbocycles. The molecule has 5 heteroatoms. The summed E-state index contributed by atoms with van der Waals surface area (Å²) in [6.45, 7) is 6.57. The van der Waals surface area contributed by atoms with Crippen LogP contribution < -0.4 is 10.1 Å². The van der Waals surface area contributed by atoms with E-state index in [1.807, 2.05) is 26.0 Å². The van der Waals surface area contributed by atoms with E-state index in [4.69, 9.17) is 14.5 Å². The predicted octanol–water partition coefficient (Wildman–Crippen LogP) is 3.26. The van der Waals surface area contributed by atoms with Gasteiger partial charge in [-0.1, -0.05) is 0 Å². The monoisotopic (exact) mass is 304 g/mol. The van der Waals surface area contributed by atoms with Crippen LogP contribution in [0.25, 0.3) is 11.3 Å². The first-order chi connectivity index (χ1) is 10.2. The molecular weight excluding hydrogens is 284 g/mol. The van der Waals surface area contributed by atoms with Crippen LogP contribution in [0.2, 0.25) is 0 Å². The molecule has 1 aliphatic heterocycles. The standard InChI is InChI=1S/C16H20N2O2S/c1-11(2)20-13-5-3-12(4-6-13)14-10-21-16(18-14)15-9-17-7-8-19-15/h3-6,10-11,15,17H,7-9H2,1-2H3. The Labute approximate surface area is 129 Å². The Kier molecular flexibility index (Phi) is 4.53. The average Bonchev–Trinajstić information content (AvgIpc) is 2.98. The van der Waals surface area contributed by atoms with Crippen molar-refractivity contribution in [3.63, 3.8) is 0 Å². The highest BCUT2D eigenvalue weighted by Gasteiger charge is 2.19. The second kappa shape index (κ2) is 6.56. The fourth-order valence-corrected chi connectivity index (χ4v) is 3.14. The van der Waals surface area contributed by atoms with Crippen LogP contribution in [0.5, 0.6) is 5.75 Å². The minimum Gasteiger partial charge on any atom is -0.491 e. The predicted molar refractivity (Wildman–Crippen MR) is 84.9 cm³/mol. The molecule has 1 saturated heterocycles. The zero-order chi connectivity index (χ0) is 14.7. The van der Waals surface area contributed by atoms with E-state index in [1.54, 1.807) is 11.3 Å². The summed E-state index contributed by atoms with van der Waals surface area (Å²) in [6, 6.07) is 8.09. The molecule has 0 bridgehead atoms. The number of hydrogen-bond acceptors (Lipinski definition) is 5. The zero-order valence-electron chi connectivity index (χ0n) is 12.3. The lowest BCUT2D eigenvalue weighted by atomic mass is 10.1. The molecule has 4 nitrogen and oxygen atoms in total. The van der Waals surface area contributed by atoms with Crippen molar-refractivity contribution in [2.75, 3.05) is 19.7 Å². The van der Waals surface area contributed by atoms with E-state index < -0.39 is 0 Å². The molecule has 1 unspecified atom stereocenters. The largest absolute Gasteiger partial charge is 0.491 e. The number of hydrogen-bond donors (Lipinski definition) is 1. The van der Waals surface area contributed by atoms with Gasteiger partial charge in [-0.2, -0.15) is 0 Å². The molecule has 0 radical (unpaired) electrons. The highest BCUT2D eigenvalue weighted by atomic mass is 32.1. The second-order valence-electron chi connectivity index (χ2n) is 5.33. The third-order valence-electron chi connectivity index (χ3n) is 3.25. The van der Waals surface area contributed by atoms with Crippen molar-refractivity contribution in [1.82, 2.24) is 10.3 Å². The number of aromatic nitrogens is 1. The van der Waals surface area contributed by atoms with Gasteiger partial charge in [-0.25, -0.2) is 4.98 Å². The lowest BCUT2D eigenvalue weighted by Gasteiger charge is -2.21. The fraction of sp³-hybridized carbons (Fsp3) is 0.438. The van der Waals surface area contributed by atoms with Gasteiger partial charge >= 0.3 is 0 Å². The van der Waals surface area contributed by atoms with E-state index in [0.29, 0.717) is 0 Å². The van der Waals surface area contributed by atoms with Crippen molar-refractivity contribution in [1.29, 1.82) is 0 Å². The summed E-state index contributed by atoms with van der Waals surface area (Å²) in [7, 11) is 0. The lowest BCUT2D eigenvalue weighted by molar-refractivity contribution is 0.0276. The molecule has 1 aromatic heterocycles. The zero-order valence-corrected chi connectivity index (χ0v) is 13.2. The lowest BCUT2D eigenvalue weighted by Crippen LogP contribution is -2.33. The highest BCUT2D eigenvalue weighted by molar-refractivity contribution is 7.10. The maximum absolute atomic E-state index is 5.74. The van der Waals surface area contributed by atoms with Crippen molar-refractivity contribution in [2.24, 2.45) is 0 Å². The molecule has 112 valence electrons. The summed E-state index contributed by atoms with van der Waals surface area (Å²) in [5.41, 5.74) is 2.11. The maximum atomic E-state index is 5.74. The molecule has 21 heavy (non-hydrogen) atoms. The van der Waals surface area contributed by atoms with Crippen molar-refractivity contribution in [2.45, 2.75) is 26.1 Å². The summed E-state index contributed by atoms with van der Waals surface area (Å²) < 4.78 is 11.4. The summed E-state index contributed by atoms with van der Waals surface area (Å²) in [5, 5.41) is 6.46. The second-order valence-corrected chi connectivity index (χ2v) is 6.22. The minimum atomic E-state index is 0.0843. The van der Waals surface area contributed by atoms with Crippen LogP contribution in [0, 0.1) is 0 Å². The molecule has 1 atom stereocenters. The molecular formula is C16H20N2O2S. The van der Waals surface area contributed by atoms with E-state index >= 15 is 0 Å². The van der Waals surface area contributed by atoms with Gasteiger partial charge in [-0.05, 0) is 38.1 Å². The summed E-state index contributed by atoms with van der Waals surface area (Å²) in [5.74, 6) is 0.893. The number of benzene rings is 1. The smallest absolute Gasteiger partial charge is 0.124 e. The number of nitrogens with zero attached hydrogens (tertiary/aromatic N) is 1. The molecule has 0 spiro atoms. The van der Waals surface area contributed by atoms with Crippen molar-refractivity contribution < 1.29 is 9.47 Å². The highest BCUT2D eigenvalue weighted by Crippen LogP contribution is 2.28. The summed E-state index contributed by atoms with van der Waals surface area (Å²) in [6.07, 6.45) is 0.277. The van der Waals surface area contributed by atoms with E-state index in [-0.39, 0.29) is 12.2 Å². The number of nitrogens with one attached hydrogen (secondary N) is 1. The third-order valence-corrected chi connectivity index (χ3v) is 4.18. The number of thiazole rings is 1.